The summed E-state index contributed by atoms with van der Waals surface area (Å²) in [6.45, 7) is 0.634. The lowest BCUT2D eigenvalue weighted by Crippen LogP contribution is -2.47. The normalized spacial score (nSPS) is 29.0. The van der Waals surface area contributed by atoms with E-state index in [0.29, 0.717) is 19.4 Å². The van der Waals surface area contributed by atoms with Crippen LogP contribution in [0.1, 0.15) is 31.2 Å². The Hall–Kier alpha value is -2.08. The van der Waals surface area contributed by atoms with E-state index >= 15 is 0 Å². The molecule has 1 aromatic carbocycles. The van der Waals surface area contributed by atoms with Crippen molar-refractivity contribution in [2.24, 2.45) is 5.92 Å². The van der Waals surface area contributed by atoms with Crippen molar-refractivity contribution in [3.8, 4) is 0 Å². The Morgan fingerprint density at radius 1 is 1.30 bits per heavy atom. The smallest absolute Gasteiger partial charge is 0.407 e. The Bertz CT molecular complexity index is 568. The molecule has 3 rings (SSSR count). The van der Waals surface area contributed by atoms with E-state index < -0.39 is 12.1 Å². The predicted molar refractivity (Wildman–Crippen MR) is 81.8 cm³/mol. The fraction of sp³-hybridized carbons (Fsp3) is 0.529. The van der Waals surface area contributed by atoms with Crippen molar-refractivity contribution >= 4 is 12.1 Å². The van der Waals surface area contributed by atoms with E-state index in [2.05, 4.69) is 5.32 Å². The molecule has 6 nitrogen and oxygen atoms in total. The number of amides is 1. The number of rotatable bonds is 5. The number of carboxylic acids is 1. The van der Waals surface area contributed by atoms with Crippen LogP contribution >= 0.6 is 0 Å². The highest BCUT2D eigenvalue weighted by molar-refractivity contribution is 5.71. The summed E-state index contributed by atoms with van der Waals surface area (Å²) in [4.78, 5) is 22.6. The van der Waals surface area contributed by atoms with Gasteiger partial charge in [0.15, 0.2) is 0 Å². The van der Waals surface area contributed by atoms with Gasteiger partial charge in [0.05, 0.1) is 17.6 Å². The maximum Gasteiger partial charge on any atom is 0.407 e. The van der Waals surface area contributed by atoms with E-state index in [0.717, 1.165) is 18.4 Å². The first-order chi connectivity index (χ1) is 11.1. The van der Waals surface area contributed by atoms with Gasteiger partial charge in [0.2, 0.25) is 0 Å². The van der Waals surface area contributed by atoms with Crippen molar-refractivity contribution in [3.05, 3.63) is 35.9 Å². The molecule has 1 aliphatic heterocycles. The van der Waals surface area contributed by atoms with Gasteiger partial charge in [0.25, 0.3) is 0 Å². The second-order valence-electron chi connectivity index (χ2n) is 6.35. The maximum absolute atomic E-state index is 11.7. The van der Waals surface area contributed by atoms with Crippen LogP contribution in [0, 0.1) is 5.92 Å². The van der Waals surface area contributed by atoms with E-state index in [4.69, 9.17) is 14.6 Å². The number of aliphatic carboxylic acids is 1. The van der Waals surface area contributed by atoms with Crippen molar-refractivity contribution < 1.29 is 24.2 Å². The minimum atomic E-state index is -0.745. The number of carbonyl (C=O) groups is 2. The molecule has 1 heterocycles. The van der Waals surface area contributed by atoms with Gasteiger partial charge in [0, 0.05) is 6.54 Å². The standard InChI is InChI=1S/C17H21NO5/c19-15(20)13-8-17(9-13)7-6-14(23-17)10-18-16(21)22-11-12-4-2-1-3-5-12/h1-5,13-14H,6-11H2,(H,18,21)(H,19,20). The Labute approximate surface area is 134 Å². The van der Waals surface area contributed by atoms with Crippen LogP contribution in [0.4, 0.5) is 4.79 Å². The third-order valence-corrected chi connectivity index (χ3v) is 4.61. The SMILES string of the molecule is O=C(NCC1CCC2(CC(C(=O)O)C2)O1)OCc1ccccc1. The lowest BCUT2D eigenvalue weighted by Gasteiger charge is -2.42. The fourth-order valence-corrected chi connectivity index (χ4v) is 3.32. The van der Waals surface area contributed by atoms with Crippen LogP contribution in [0.2, 0.25) is 0 Å². The number of hydrogen-bond donors (Lipinski definition) is 2. The van der Waals surface area contributed by atoms with Crippen molar-refractivity contribution in [3.63, 3.8) is 0 Å². The lowest BCUT2D eigenvalue weighted by atomic mass is 9.69. The van der Waals surface area contributed by atoms with Gasteiger partial charge in [-0.25, -0.2) is 4.79 Å². The van der Waals surface area contributed by atoms with Crippen molar-refractivity contribution in [2.75, 3.05) is 6.54 Å². The summed E-state index contributed by atoms with van der Waals surface area (Å²) in [6, 6.07) is 9.49. The molecule has 0 aromatic heterocycles. The summed E-state index contributed by atoms with van der Waals surface area (Å²) < 4.78 is 11.1. The summed E-state index contributed by atoms with van der Waals surface area (Å²) in [5, 5.41) is 11.7. The zero-order chi connectivity index (χ0) is 16.3. The van der Waals surface area contributed by atoms with Crippen LogP contribution in [0.3, 0.4) is 0 Å². The fourth-order valence-electron chi connectivity index (χ4n) is 3.32. The van der Waals surface area contributed by atoms with Gasteiger partial charge in [0.1, 0.15) is 6.61 Å². The molecule has 1 spiro atoms. The van der Waals surface area contributed by atoms with Crippen LogP contribution in [0.5, 0.6) is 0 Å². The molecule has 23 heavy (non-hydrogen) atoms. The first kappa shape index (κ1) is 15.8. The van der Waals surface area contributed by atoms with Gasteiger partial charge >= 0.3 is 12.1 Å². The van der Waals surface area contributed by atoms with Gasteiger partial charge in [-0.05, 0) is 31.2 Å². The average molecular weight is 319 g/mol. The summed E-state index contributed by atoms with van der Waals surface area (Å²) in [5.41, 5.74) is 0.663. The Morgan fingerprint density at radius 3 is 2.74 bits per heavy atom. The van der Waals surface area contributed by atoms with Crippen LogP contribution in [-0.4, -0.2) is 35.4 Å². The third kappa shape index (κ3) is 3.82. The molecule has 6 heteroatoms. The van der Waals surface area contributed by atoms with Crippen LogP contribution in [0.25, 0.3) is 0 Å². The largest absolute Gasteiger partial charge is 0.481 e. The predicted octanol–water partition coefficient (Wildman–Crippen LogP) is 2.33. The van der Waals surface area contributed by atoms with Gasteiger partial charge in [-0.15, -0.1) is 0 Å². The molecule has 2 fully saturated rings. The van der Waals surface area contributed by atoms with E-state index in [1.807, 2.05) is 30.3 Å². The summed E-state index contributed by atoms with van der Waals surface area (Å²) in [7, 11) is 0. The average Bonchev–Trinajstić information content (AvgIpc) is 2.95. The van der Waals surface area contributed by atoms with Crippen LogP contribution in [0.15, 0.2) is 30.3 Å². The highest BCUT2D eigenvalue weighted by atomic mass is 16.6. The molecule has 2 N–H and O–H groups in total. The second-order valence-corrected chi connectivity index (χ2v) is 6.35. The number of carboxylic acid groups (broad SMARTS) is 1. The topological polar surface area (TPSA) is 84.9 Å². The van der Waals surface area contributed by atoms with Crippen molar-refractivity contribution in [1.29, 1.82) is 0 Å². The van der Waals surface area contributed by atoms with Crippen molar-refractivity contribution in [2.45, 2.75) is 44.0 Å². The van der Waals surface area contributed by atoms with Gasteiger partial charge in [-0.3, -0.25) is 4.79 Å². The zero-order valence-corrected chi connectivity index (χ0v) is 12.9. The molecule has 2 aliphatic rings. The molecule has 1 saturated carbocycles. The van der Waals surface area contributed by atoms with Gasteiger partial charge < -0.3 is 19.9 Å². The highest BCUT2D eigenvalue weighted by Gasteiger charge is 2.52. The maximum atomic E-state index is 11.7. The first-order valence-corrected chi connectivity index (χ1v) is 7.91. The quantitative estimate of drug-likeness (QED) is 0.870. The molecule has 1 atom stereocenters. The van der Waals surface area contributed by atoms with Gasteiger partial charge in [-0.2, -0.15) is 0 Å². The Balaban J connectivity index is 1.35. The number of ether oxygens (including phenoxy) is 2. The summed E-state index contributed by atoms with van der Waals surface area (Å²) in [6.07, 6.45) is 2.34. The molecule has 1 saturated heterocycles. The number of alkyl carbamates (subject to hydrolysis) is 1. The molecule has 124 valence electrons. The minimum Gasteiger partial charge on any atom is -0.481 e. The molecule has 1 amide bonds. The number of hydrogen-bond acceptors (Lipinski definition) is 4. The highest BCUT2D eigenvalue weighted by Crippen LogP contribution is 2.49. The summed E-state index contributed by atoms with van der Waals surface area (Å²) in [5.74, 6) is -1.03. The first-order valence-electron chi connectivity index (χ1n) is 7.91. The Morgan fingerprint density at radius 2 is 2.04 bits per heavy atom. The number of nitrogens with one attached hydrogen (secondary N) is 1. The van der Waals surface area contributed by atoms with E-state index in [1.54, 1.807) is 0 Å². The molecule has 0 radical (unpaired) electrons. The monoisotopic (exact) mass is 319 g/mol. The van der Waals surface area contributed by atoms with Gasteiger partial charge in [-0.1, -0.05) is 30.3 Å². The number of carbonyl (C=O) groups excluding carboxylic acids is 1. The third-order valence-electron chi connectivity index (χ3n) is 4.61. The summed E-state index contributed by atoms with van der Waals surface area (Å²) >= 11 is 0. The van der Waals surface area contributed by atoms with Crippen LogP contribution in [-0.2, 0) is 20.9 Å². The molecular weight excluding hydrogens is 298 g/mol. The molecule has 1 unspecified atom stereocenters. The minimum absolute atomic E-state index is 0.0611. The Kier molecular flexibility index (Phi) is 4.52. The molecule has 1 aromatic rings. The second kappa shape index (κ2) is 6.58. The molecule has 0 bridgehead atoms. The van der Waals surface area contributed by atoms with E-state index in [1.165, 1.54) is 0 Å². The van der Waals surface area contributed by atoms with E-state index in [9.17, 15) is 9.59 Å². The van der Waals surface area contributed by atoms with Crippen LogP contribution < -0.4 is 5.32 Å². The molecular formula is C17H21NO5. The van der Waals surface area contributed by atoms with Crippen molar-refractivity contribution in [1.82, 2.24) is 5.32 Å². The van der Waals surface area contributed by atoms with E-state index in [-0.39, 0.29) is 24.2 Å². The number of benzene rings is 1. The lowest BCUT2D eigenvalue weighted by molar-refractivity contribution is -0.164. The zero-order valence-electron chi connectivity index (χ0n) is 12.9. The molecule has 1 aliphatic carbocycles.